The van der Waals surface area contributed by atoms with Crippen molar-refractivity contribution in [3.8, 4) is 0 Å². The maximum Gasteiger partial charge on any atom is 0.416 e. The van der Waals surface area contributed by atoms with Crippen molar-refractivity contribution in [1.82, 2.24) is 4.90 Å². The molecule has 7 heteroatoms. The van der Waals surface area contributed by atoms with Crippen LogP contribution in [0.3, 0.4) is 0 Å². The molecule has 1 amide bonds. The van der Waals surface area contributed by atoms with Gasteiger partial charge >= 0.3 is 6.18 Å². The van der Waals surface area contributed by atoms with Gasteiger partial charge in [0.1, 0.15) is 0 Å². The molecule has 0 unspecified atom stereocenters. The lowest BCUT2D eigenvalue weighted by Gasteiger charge is -2.36. The molecule has 1 aromatic carbocycles. The van der Waals surface area contributed by atoms with Gasteiger partial charge in [0.15, 0.2) is 5.60 Å². The van der Waals surface area contributed by atoms with Crippen molar-refractivity contribution in [1.29, 1.82) is 0 Å². The monoisotopic (exact) mass is 345 g/mol. The summed E-state index contributed by atoms with van der Waals surface area (Å²) in [5.41, 5.74) is -1.37. The SMILES string of the molecule is COC[C@](C)(O)C(=O)N1CCC(c2ccc(C(F)(F)F)cc2)CC1. The van der Waals surface area contributed by atoms with Crippen LogP contribution in [0, 0.1) is 0 Å². The van der Waals surface area contributed by atoms with Gasteiger partial charge in [-0.05, 0) is 43.4 Å². The molecule has 2 rings (SSSR count). The van der Waals surface area contributed by atoms with E-state index in [4.69, 9.17) is 4.74 Å². The van der Waals surface area contributed by atoms with Crippen LogP contribution >= 0.6 is 0 Å². The number of halogens is 3. The van der Waals surface area contributed by atoms with E-state index in [1.807, 2.05) is 0 Å². The first-order valence-corrected chi connectivity index (χ1v) is 7.83. The highest BCUT2D eigenvalue weighted by Crippen LogP contribution is 2.33. The zero-order valence-electron chi connectivity index (χ0n) is 13.8. The normalized spacial score (nSPS) is 19.2. The van der Waals surface area contributed by atoms with E-state index in [2.05, 4.69) is 0 Å². The fourth-order valence-corrected chi connectivity index (χ4v) is 3.04. The van der Waals surface area contributed by atoms with Gasteiger partial charge in [-0.3, -0.25) is 4.79 Å². The molecule has 1 saturated heterocycles. The van der Waals surface area contributed by atoms with Crippen LogP contribution in [0.25, 0.3) is 0 Å². The van der Waals surface area contributed by atoms with E-state index in [9.17, 15) is 23.1 Å². The number of carbonyl (C=O) groups is 1. The maximum atomic E-state index is 12.6. The van der Waals surface area contributed by atoms with Crippen LogP contribution in [-0.2, 0) is 15.7 Å². The third-order valence-corrected chi connectivity index (χ3v) is 4.38. The maximum absolute atomic E-state index is 12.6. The number of alkyl halides is 3. The third kappa shape index (κ3) is 4.27. The van der Waals surface area contributed by atoms with E-state index in [0.717, 1.165) is 17.7 Å². The number of methoxy groups -OCH3 is 1. The molecule has 134 valence electrons. The molecule has 1 atom stereocenters. The number of hydrogen-bond donors (Lipinski definition) is 1. The minimum Gasteiger partial charge on any atom is -0.381 e. The fraction of sp³-hybridized carbons (Fsp3) is 0.588. The highest BCUT2D eigenvalue weighted by atomic mass is 19.4. The van der Waals surface area contributed by atoms with Crippen molar-refractivity contribution in [2.45, 2.75) is 37.5 Å². The molecule has 0 aromatic heterocycles. The first kappa shape index (κ1) is 18.7. The average Bonchev–Trinajstić information content (AvgIpc) is 2.53. The van der Waals surface area contributed by atoms with Gasteiger partial charge in [0.2, 0.25) is 0 Å². The molecule has 1 aromatic rings. The van der Waals surface area contributed by atoms with Crippen molar-refractivity contribution in [2.24, 2.45) is 0 Å². The molecule has 0 saturated carbocycles. The number of hydrogen-bond acceptors (Lipinski definition) is 3. The standard InChI is InChI=1S/C17H22F3NO3/c1-16(23,11-24-2)15(22)21-9-7-13(8-10-21)12-3-5-14(6-4-12)17(18,19)20/h3-6,13,23H,7-11H2,1-2H3/t16-/m0/s1. The van der Waals surface area contributed by atoms with Gasteiger partial charge in [-0.1, -0.05) is 12.1 Å². The molecule has 0 radical (unpaired) electrons. The lowest BCUT2D eigenvalue weighted by molar-refractivity contribution is -0.155. The van der Waals surface area contributed by atoms with Crippen LogP contribution in [0.15, 0.2) is 24.3 Å². The van der Waals surface area contributed by atoms with Gasteiger partial charge in [0.05, 0.1) is 12.2 Å². The predicted molar refractivity (Wildman–Crippen MR) is 82.5 cm³/mol. The second-order valence-electron chi connectivity index (χ2n) is 6.39. The molecular formula is C17H22F3NO3. The summed E-state index contributed by atoms with van der Waals surface area (Å²) < 4.78 is 42.7. The van der Waals surface area contributed by atoms with Crippen LogP contribution in [0.5, 0.6) is 0 Å². The number of ether oxygens (including phenoxy) is 1. The summed E-state index contributed by atoms with van der Waals surface area (Å²) in [7, 11) is 1.42. The van der Waals surface area contributed by atoms with Gasteiger partial charge < -0.3 is 14.7 Å². The van der Waals surface area contributed by atoms with Crippen LogP contribution in [0.2, 0.25) is 0 Å². The van der Waals surface area contributed by atoms with E-state index < -0.39 is 17.3 Å². The van der Waals surface area contributed by atoms with Gasteiger partial charge in [-0.2, -0.15) is 13.2 Å². The molecular weight excluding hydrogens is 323 g/mol. The zero-order chi connectivity index (χ0) is 18.0. The zero-order valence-corrected chi connectivity index (χ0v) is 13.8. The van der Waals surface area contributed by atoms with Crippen molar-refractivity contribution in [3.63, 3.8) is 0 Å². The van der Waals surface area contributed by atoms with Crippen LogP contribution in [0.4, 0.5) is 13.2 Å². The van der Waals surface area contributed by atoms with E-state index in [1.165, 1.54) is 26.2 Å². The summed E-state index contributed by atoms with van der Waals surface area (Å²) in [5.74, 6) is -0.265. The molecule has 0 bridgehead atoms. The summed E-state index contributed by atoms with van der Waals surface area (Å²) in [6.07, 6.45) is -3.03. The number of carbonyl (C=O) groups excluding carboxylic acids is 1. The van der Waals surface area contributed by atoms with E-state index >= 15 is 0 Å². The van der Waals surface area contributed by atoms with Gasteiger partial charge in [0.25, 0.3) is 5.91 Å². The first-order chi connectivity index (χ1) is 11.1. The molecule has 1 fully saturated rings. The number of piperidine rings is 1. The van der Waals surface area contributed by atoms with Crippen LogP contribution < -0.4 is 0 Å². The molecule has 1 N–H and O–H groups in total. The van der Waals surface area contributed by atoms with E-state index in [-0.39, 0.29) is 18.4 Å². The number of nitrogens with zero attached hydrogens (tertiary/aromatic N) is 1. The molecule has 0 aliphatic carbocycles. The Labute approximate surface area is 139 Å². The van der Waals surface area contributed by atoms with E-state index in [0.29, 0.717) is 25.9 Å². The van der Waals surface area contributed by atoms with Crippen LogP contribution in [-0.4, -0.2) is 48.3 Å². The summed E-state index contributed by atoms with van der Waals surface area (Å²) in [5, 5.41) is 10.1. The second-order valence-corrected chi connectivity index (χ2v) is 6.39. The van der Waals surface area contributed by atoms with Crippen molar-refractivity contribution in [3.05, 3.63) is 35.4 Å². The number of aliphatic hydroxyl groups is 1. The summed E-state index contributed by atoms with van der Waals surface area (Å²) in [6.45, 7) is 2.26. The highest BCUT2D eigenvalue weighted by molar-refractivity contribution is 5.84. The van der Waals surface area contributed by atoms with Gasteiger partial charge in [-0.15, -0.1) is 0 Å². The number of rotatable bonds is 4. The molecule has 4 nitrogen and oxygen atoms in total. The summed E-state index contributed by atoms with van der Waals surface area (Å²) in [4.78, 5) is 13.9. The quantitative estimate of drug-likeness (QED) is 0.913. The third-order valence-electron chi connectivity index (χ3n) is 4.38. The lowest BCUT2D eigenvalue weighted by atomic mass is 9.88. The van der Waals surface area contributed by atoms with Gasteiger partial charge in [-0.25, -0.2) is 0 Å². The number of benzene rings is 1. The lowest BCUT2D eigenvalue weighted by Crippen LogP contribution is -2.51. The van der Waals surface area contributed by atoms with E-state index in [1.54, 1.807) is 4.90 Å². The molecule has 1 aliphatic heterocycles. The Balaban J connectivity index is 1.96. The predicted octanol–water partition coefficient (Wildman–Crippen LogP) is 2.81. The minimum absolute atomic E-state index is 0.0787. The fourth-order valence-electron chi connectivity index (χ4n) is 3.04. The summed E-state index contributed by atoms with van der Waals surface area (Å²) in [6, 6.07) is 5.20. The molecule has 0 spiro atoms. The van der Waals surface area contributed by atoms with Crippen LogP contribution in [0.1, 0.15) is 36.8 Å². The average molecular weight is 345 g/mol. The Morgan fingerprint density at radius 3 is 2.25 bits per heavy atom. The Morgan fingerprint density at radius 1 is 1.25 bits per heavy atom. The van der Waals surface area contributed by atoms with Crippen molar-refractivity contribution < 1.29 is 27.8 Å². The smallest absolute Gasteiger partial charge is 0.381 e. The Kier molecular flexibility index (Phi) is 5.55. The topological polar surface area (TPSA) is 49.8 Å². The number of likely N-dealkylation sites (tertiary alicyclic amines) is 1. The molecule has 1 aliphatic rings. The summed E-state index contributed by atoms with van der Waals surface area (Å²) >= 11 is 0. The van der Waals surface area contributed by atoms with Gasteiger partial charge in [0, 0.05) is 20.2 Å². The van der Waals surface area contributed by atoms with Crippen molar-refractivity contribution in [2.75, 3.05) is 26.8 Å². The second kappa shape index (κ2) is 7.11. The molecule has 1 heterocycles. The van der Waals surface area contributed by atoms with Crippen molar-refractivity contribution >= 4 is 5.91 Å². The largest absolute Gasteiger partial charge is 0.416 e. The Bertz CT molecular complexity index is 561. The minimum atomic E-state index is -4.33. The first-order valence-electron chi connectivity index (χ1n) is 7.83. The Morgan fingerprint density at radius 2 is 1.79 bits per heavy atom. The highest BCUT2D eigenvalue weighted by Gasteiger charge is 2.36. The number of amides is 1. The molecule has 24 heavy (non-hydrogen) atoms. The Hall–Kier alpha value is -1.60.